The molecular weight excluding hydrogens is 444 g/mol. The molecule has 4 aromatic rings. The van der Waals surface area contributed by atoms with E-state index in [9.17, 15) is 0 Å². The van der Waals surface area contributed by atoms with Crippen molar-refractivity contribution in [3.8, 4) is 23.0 Å². The molecular formula is C27H26N4O4. The van der Waals surface area contributed by atoms with Gasteiger partial charge in [-0.15, -0.1) is 0 Å². The summed E-state index contributed by atoms with van der Waals surface area (Å²) in [5.41, 5.74) is 2.99. The molecule has 1 N–H and O–H groups in total. The van der Waals surface area contributed by atoms with E-state index in [-0.39, 0.29) is 6.79 Å². The van der Waals surface area contributed by atoms with Crippen LogP contribution < -0.4 is 24.3 Å². The predicted octanol–water partition coefficient (Wildman–Crippen LogP) is 4.99. The van der Waals surface area contributed by atoms with Gasteiger partial charge in [0, 0.05) is 30.4 Å². The normalized spacial score (nSPS) is 12.3. The number of ether oxygens (including phenoxy) is 4. The predicted molar refractivity (Wildman–Crippen MR) is 135 cm³/mol. The largest absolute Gasteiger partial charge is 0.493 e. The Bertz CT molecular complexity index is 1360. The number of methoxy groups -OCH3 is 2. The van der Waals surface area contributed by atoms with Crippen LogP contribution in [-0.4, -0.2) is 42.5 Å². The topological polar surface area (TPSA) is 87.6 Å². The molecule has 0 saturated carbocycles. The van der Waals surface area contributed by atoms with Gasteiger partial charge in [0.2, 0.25) is 6.79 Å². The van der Waals surface area contributed by atoms with Gasteiger partial charge in [0.15, 0.2) is 28.8 Å². The first-order valence-corrected chi connectivity index (χ1v) is 11.4. The van der Waals surface area contributed by atoms with Gasteiger partial charge in [-0.05, 0) is 60.4 Å². The SMILES string of the molecule is COc1cc2nc(/C=C/c3ccc4c(c3)OCO4)nc(NCCCc3ccncc3)c2cc1OC. The minimum Gasteiger partial charge on any atom is -0.493 e. The molecule has 1 aliphatic heterocycles. The number of fused-ring (bicyclic) bond motifs is 2. The van der Waals surface area contributed by atoms with Gasteiger partial charge < -0.3 is 24.3 Å². The summed E-state index contributed by atoms with van der Waals surface area (Å²) in [5.74, 6) is 4.07. The average molecular weight is 471 g/mol. The van der Waals surface area contributed by atoms with Crippen LogP contribution in [0, 0.1) is 0 Å². The summed E-state index contributed by atoms with van der Waals surface area (Å²) in [6, 6.07) is 13.7. The van der Waals surface area contributed by atoms with Crippen LogP contribution in [0.25, 0.3) is 23.1 Å². The second kappa shape index (κ2) is 10.3. The second-order valence-electron chi connectivity index (χ2n) is 7.99. The van der Waals surface area contributed by atoms with Gasteiger partial charge in [0.05, 0.1) is 19.7 Å². The Morgan fingerprint density at radius 3 is 2.54 bits per heavy atom. The maximum Gasteiger partial charge on any atom is 0.231 e. The maximum atomic E-state index is 5.50. The van der Waals surface area contributed by atoms with Crippen molar-refractivity contribution in [2.45, 2.75) is 12.8 Å². The first-order valence-electron chi connectivity index (χ1n) is 11.4. The van der Waals surface area contributed by atoms with Crippen molar-refractivity contribution in [2.75, 3.05) is 32.9 Å². The van der Waals surface area contributed by atoms with Crippen LogP contribution in [0.4, 0.5) is 5.82 Å². The van der Waals surface area contributed by atoms with Crippen LogP contribution in [0.1, 0.15) is 23.4 Å². The van der Waals surface area contributed by atoms with E-state index in [0.29, 0.717) is 17.3 Å². The van der Waals surface area contributed by atoms with Crippen molar-refractivity contribution < 1.29 is 18.9 Å². The highest BCUT2D eigenvalue weighted by atomic mass is 16.7. The number of benzene rings is 2. The Hall–Kier alpha value is -4.33. The minimum absolute atomic E-state index is 0.248. The lowest BCUT2D eigenvalue weighted by atomic mass is 10.1. The summed E-state index contributed by atoms with van der Waals surface area (Å²) in [4.78, 5) is 13.6. The summed E-state index contributed by atoms with van der Waals surface area (Å²) in [7, 11) is 3.23. The number of aromatic nitrogens is 3. The first kappa shape index (κ1) is 22.5. The van der Waals surface area contributed by atoms with E-state index < -0.39 is 0 Å². The highest BCUT2D eigenvalue weighted by Gasteiger charge is 2.14. The van der Waals surface area contributed by atoms with Gasteiger partial charge >= 0.3 is 0 Å². The maximum absolute atomic E-state index is 5.50. The number of rotatable bonds is 9. The lowest BCUT2D eigenvalue weighted by Gasteiger charge is -2.13. The molecule has 0 atom stereocenters. The molecule has 3 heterocycles. The van der Waals surface area contributed by atoms with E-state index >= 15 is 0 Å². The van der Waals surface area contributed by atoms with Crippen LogP contribution in [0.5, 0.6) is 23.0 Å². The second-order valence-corrected chi connectivity index (χ2v) is 7.99. The van der Waals surface area contributed by atoms with Gasteiger partial charge in [-0.1, -0.05) is 12.1 Å². The highest BCUT2D eigenvalue weighted by Crippen LogP contribution is 2.35. The van der Waals surface area contributed by atoms with Crippen LogP contribution >= 0.6 is 0 Å². The molecule has 0 fully saturated rings. The van der Waals surface area contributed by atoms with Crippen molar-refractivity contribution in [1.82, 2.24) is 15.0 Å². The van der Waals surface area contributed by atoms with Crippen molar-refractivity contribution in [3.63, 3.8) is 0 Å². The Kier molecular flexibility index (Phi) is 6.61. The number of hydrogen-bond donors (Lipinski definition) is 1. The van der Waals surface area contributed by atoms with Crippen LogP contribution in [0.2, 0.25) is 0 Å². The smallest absolute Gasteiger partial charge is 0.231 e. The van der Waals surface area contributed by atoms with Crippen LogP contribution in [0.3, 0.4) is 0 Å². The minimum atomic E-state index is 0.248. The molecule has 0 unspecified atom stereocenters. The summed E-state index contributed by atoms with van der Waals surface area (Å²) in [6.07, 6.45) is 9.38. The number of nitrogens with zero attached hydrogens (tertiary/aromatic N) is 3. The average Bonchev–Trinajstić information content (AvgIpc) is 3.37. The molecule has 8 nitrogen and oxygen atoms in total. The molecule has 2 aromatic heterocycles. The third kappa shape index (κ3) is 5.11. The molecule has 0 aliphatic carbocycles. The Labute approximate surface area is 203 Å². The van der Waals surface area contributed by atoms with Gasteiger partial charge in [0.25, 0.3) is 0 Å². The quantitative estimate of drug-likeness (QED) is 0.343. The Morgan fingerprint density at radius 2 is 1.71 bits per heavy atom. The van der Waals surface area contributed by atoms with Crippen molar-refractivity contribution >= 4 is 28.9 Å². The molecule has 2 aromatic carbocycles. The third-order valence-electron chi connectivity index (χ3n) is 5.72. The summed E-state index contributed by atoms with van der Waals surface area (Å²) in [5, 5.41) is 4.35. The fraction of sp³-hybridized carbons (Fsp3) is 0.222. The molecule has 35 heavy (non-hydrogen) atoms. The summed E-state index contributed by atoms with van der Waals surface area (Å²) in [6.45, 7) is 1.01. The van der Waals surface area contributed by atoms with E-state index in [1.165, 1.54) is 5.56 Å². The van der Waals surface area contributed by atoms with E-state index in [4.69, 9.17) is 28.9 Å². The Balaban J connectivity index is 1.42. The molecule has 0 saturated heterocycles. The molecule has 5 rings (SSSR count). The van der Waals surface area contributed by atoms with E-state index in [1.54, 1.807) is 14.2 Å². The molecule has 0 amide bonds. The lowest BCUT2D eigenvalue weighted by Crippen LogP contribution is -2.07. The third-order valence-corrected chi connectivity index (χ3v) is 5.72. The van der Waals surface area contributed by atoms with Gasteiger partial charge in [-0.3, -0.25) is 4.98 Å². The van der Waals surface area contributed by atoms with Crippen molar-refractivity contribution in [1.29, 1.82) is 0 Å². The first-order chi connectivity index (χ1) is 17.2. The molecule has 0 radical (unpaired) electrons. The fourth-order valence-corrected chi connectivity index (χ4v) is 3.92. The van der Waals surface area contributed by atoms with Gasteiger partial charge in [-0.2, -0.15) is 0 Å². The standard InChI is InChI=1S/C27H26N4O4/c1-32-23-15-20-21(16-24(23)33-2)30-26(8-6-19-5-7-22-25(14-19)35-17-34-22)31-27(20)29-11-3-4-18-9-12-28-13-10-18/h5-10,12-16H,3-4,11,17H2,1-2H3,(H,29,30,31)/b8-6+. The number of pyridine rings is 1. The Morgan fingerprint density at radius 1 is 0.914 bits per heavy atom. The van der Waals surface area contributed by atoms with Crippen molar-refractivity contribution in [2.24, 2.45) is 0 Å². The number of nitrogens with one attached hydrogen (secondary N) is 1. The zero-order valence-electron chi connectivity index (χ0n) is 19.7. The molecule has 8 heteroatoms. The molecule has 0 bridgehead atoms. The zero-order chi connectivity index (χ0) is 24.0. The number of hydrogen-bond acceptors (Lipinski definition) is 8. The summed E-state index contributed by atoms with van der Waals surface area (Å²) < 4.78 is 21.9. The molecule has 0 spiro atoms. The summed E-state index contributed by atoms with van der Waals surface area (Å²) >= 11 is 0. The lowest BCUT2D eigenvalue weighted by molar-refractivity contribution is 0.174. The monoisotopic (exact) mass is 470 g/mol. The fourth-order valence-electron chi connectivity index (χ4n) is 3.92. The van der Waals surface area contributed by atoms with E-state index in [1.807, 2.05) is 67.0 Å². The van der Waals surface area contributed by atoms with E-state index in [0.717, 1.165) is 53.2 Å². The molecule has 178 valence electrons. The van der Waals surface area contributed by atoms with Crippen LogP contribution in [-0.2, 0) is 6.42 Å². The van der Waals surface area contributed by atoms with Crippen LogP contribution in [0.15, 0.2) is 54.9 Å². The number of aryl methyl sites for hydroxylation is 1. The van der Waals surface area contributed by atoms with E-state index in [2.05, 4.69) is 10.3 Å². The number of anilines is 1. The highest BCUT2D eigenvalue weighted by molar-refractivity contribution is 5.92. The van der Waals surface area contributed by atoms with Gasteiger partial charge in [-0.25, -0.2) is 9.97 Å². The molecule has 1 aliphatic rings. The zero-order valence-corrected chi connectivity index (χ0v) is 19.7. The van der Waals surface area contributed by atoms with Gasteiger partial charge in [0.1, 0.15) is 5.82 Å². The van der Waals surface area contributed by atoms with Crippen molar-refractivity contribution in [3.05, 3.63) is 71.8 Å².